The lowest BCUT2D eigenvalue weighted by Gasteiger charge is -2.08. The first-order chi connectivity index (χ1) is 15.2. The van der Waals surface area contributed by atoms with Gasteiger partial charge in [-0.25, -0.2) is 19.0 Å². The summed E-state index contributed by atoms with van der Waals surface area (Å²) >= 11 is 0. The molecule has 0 aliphatic carbocycles. The predicted molar refractivity (Wildman–Crippen MR) is 109 cm³/mol. The molecule has 0 unspecified atom stereocenters. The van der Waals surface area contributed by atoms with Gasteiger partial charge in [-0.15, -0.1) is 0 Å². The highest BCUT2D eigenvalue weighted by atomic mass is 19.1. The Bertz CT molecular complexity index is 1410. The summed E-state index contributed by atoms with van der Waals surface area (Å²) in [4.78, 5) is 13.4. The molecule has 0 amide bonds. The summed E-state index contributed by atoms with van der Waals surface area (Å²) in [6.45, 7) is 2.44. The molecular weight excluding hydrogens is 397 g/mol. The number of imidazole rings is 1. The van der Waals surface area contributed by atoms with Gasteiger partial charge in [0.25, 0.3) is 0 Å². The molecule has 0 radical (unpaired) electrons. The van der Waals surface area contributed by atoms with Crippen LogP contribution in [0.4, 0.5) is 4.39 Å². The van der Waals surface area contributed by atoms with Crippen molar-refractivity contribution in [3.8, 4) is 28.6 Å². The standard InChI is InChI=1S/C22H16FN7O/c1-13-2-4-14(5-3-13)8-19-27-21(28-31-19)20-18-10-30-22(24-11-26-30)16-9-15(23)6-7-17(16)29(18)12-25-20/h2-7,9,11-12H,8,10H2,1H3. The summed E-state index contributed by atoms with van der Waals surface area (Å²) in [6.07, 6.45) is 3.69. The van der Waals surface area contributed by atoms with E-state index in [-0.39, 0.29) is 5.82 Å². The number of rotatable bonds is 3. The molecule has 9 heteroatoms. The molecule has 0 bridgehead atoms. The molecule has 0 fully saturated rings. The van der Waals surface area contributed by atoms with Crippen LogP contribution in [-0.4, -0.2) is 34.5 Å². The zero-order valence-electron chi connectivity index (χ0n) is 16.5. The number of hydrogen-bond acceptors (Lipinski definition) is 6. The van der Waals surface area contributed by atoms with Crippen molar-refractivity contribution in [1.29, 1.82) is 0 Å². The quantitative estimate of drug-likeness (QED) is 0.441. The van der Waals surface area contributed by atoms with Crippen molar-refractivity contribution in [2.45, 2.75) is 19.9 Å². The van der Waals surface area contributed by atoms with Gasteiger partial charge in [-0.2, -0.15) is 10.1 Å². The van der Waals surface area contributed by atoms with Crippen LogP contribution in [0.5, 0.6) is 0 Å². The molecule has 0 N–H and O–H groups in total. The number of hydrogen-bond donors (Lipinski definition) is 0. The number of aromatic nitrogens is 7. The number of halogens is 1. The van der Waals surface area contributed by atoms with Crippen molar-refractivity contribution in [2.75, 3.05) is 0 Å². The van der Waals surface area contributed by atoms with E-state index in [1.165, 1.54) is 24.0 Å². The van der Waals surface area contributed by atoms with Gasteiger partial charge in [0.1, 0.15) is 24.2 Å². The fourth-order valence-electron chi connectivity index (χ4n) is 3.85. The Morgan fingerprint density at radius 1 is 1.10 bits per heavy atom. The van der Waals surface area contributed by atoms with Crippen molar-refractivity contribution in [3.63, 3.8) is 0 Å². The monoisotopic (exact) mass is 413 g/mol. The molecule has 1 aliphatic heterocycles. The van der Waals surface area contributed by atoms with Gasteiger partial charge in [0, 0.05) is 5.56 Å². The van der Waals surface area contributed by atoms with E-state index in [2.05, 4.69) is 37.3 Å². The van der Waals surface area contributed by atoms with Crippen molar-refractivity contribution >= 4 is 0 Å². The van der Waals surface area contributed by atoms with Crippen molar-refractivity contribution in [2.24, 2.45) is 0 Å². The number of fused-ring (bicyclic) bond motifs is 5. The van der Waals surface area contributed by atoms with E-state index >= 15 is 0 Å². The second-order valence-corrected chi connectivity index (χ2v) is 7.49. The van der Waals surface area contributed by atoms with Gasteiger partial charge in [0.05, 0.1) is 24.3 Å². The van der Waals surface area contributed by atoms with Gasteiger partial charge in [-0.3, -0.25) is 4.57 Å². The van der Waals surface area contributed by atoms with E-state index < -0.39 is 0 Å². The smallest absolute Gasteiger partial charge is 0.231 e. The molecule has 0 saturated heterocycles. The lowest BCUT2D eigenvalue weighted by atomic mass is 10.1. The summed E-state index contributed by atoms with van der Waals surface area (Å²) < 4.78 is 23.1. The maximum Gasteiger partial charge on any atom is 0.231 e. The number of benzene rings is 2. The Labute approximate surface area is 176 Å². The molecule has 0 spiro atoms. The highest BCUT2D eigenvalue weighted by Crippen LogP contribution is 2.33. The highest BCUT2D eigenvalue weighted by molar-refractivity contribution is 5.70. The van der Waals surface area contributed by atoms with Crippen LogP contribution in [0.15, 0.2) is 59.6 Å². The van der Waals surface area contributed by atoms with Gasteiger partial charge in [-0.1, -0.05) is 35.0 Å². The molecule has 152 valence electrons. The van der Waals surface area contributed by atoms with Gasteiger partial charge in [0.15, 0.2) is 5.82 Å². The normalized spacial score (nSPS) is 12.2. The largest absolute Gasteiger partial charge is 0.339 e. The van der Waals surface area contributed by atoms with E-state index in [4.69, 9.17) is 4.52 Å². The molecule has 1 aliphatic rings. The minimum atomic E-state index is -0.337. The van der Waals surface area contributed by atoms with Gasteiger partial charge in [0.2, 0.25) is 11.7 Å². The zero-order valence-corrected chi connectivity index (χ0v) is 16.5. The Hall–Kier alpha value is -4.14. The van der Waals surface area contributed by atoms with Crippen LogP contribution in [0.1, 0.15) is 22.7 Å². The average molecular weight is 413 g/mol. The average Bonchev–Trinajstić information content (AvgIpc) is 3.49. The van der Waals surface area contributed by atoms with Gasteiger partial charge < -0.3 is 4.52 Å². The third kappa shape index (κ3) is 2.93. The maximum absolute atomic E-state index is 14.0. The number of aryl methyl sites for hydroxylation is 1. The molecule has 31 heavy (non-hydrogen) atoms. The summed E-state index contributed by atoms with van der Waals surface area (Å²) in [6, 6.07) is 12.8. The second kappa shape index (κ2) is 6.69. The maximum atomic E-state index is 14.0. The zero-order chi connectivity index (χ0) is 20.9. The van der Waals surface area contributed by atoms with Crippen LogP contribution in [-0.2, 0) is 13.0 Å². The number of nitrogens with zero attached hydrogens (tertiary/aromatic N) is 7. The first kappa shape index (κ1) is 17.7. The van der Waals surface area contributed by atoms with Crippen LogP contribution in [0.2, 0.25) is 0 Å². The van der Waals surface area contributed by atoms with Crippen LogP contribution in [0.3, 0.4) is 0 Å². The fraction of sp³-hybridized carbons (Fsp3) is 0.136. The first-order valence-corrected chi connectivity index (χ1v) is 9.78. The van der Waals surface area contributed by atoms with E-state index in [1.54, 1.807) is 17.1 Å². The second-order valence-electron chi connectivity index (χ2n) is 7.49. The van der Waals surface area contributed by atoms with Crippen LogP contribution in [0.25, 0.3) is 28.6 Å². The molecule has 4 heterocycles. The van der Waals surface area contributed by atoms with Crippen molar-refractivity contribution < 1.29 is 8.91 Å². The fourth-order valence-corrected chi connectivity index (χ4v) is 3.85. The van der Waals surface area contributed by atoms with Gasteiger partial charge in [-0.05, 0) is 30.7 Å². The lowest BCUT2D eigenvalue weighted by Crippen LogP contribution is -2.06. The van der Waals surface area contributed by atoms with Crippen LogP contribution >= 0.6 is 0 Å². The first-order valence-electron chi connectivity index (χ1n) is 9.78. The minimum Gasteiger partial charge on any atom is -0.339 e. The summed E-state index contributed by atoms with van der Waals surface area (Å²) in [5.41, 5.74) is 5.12. The summed E-state index contributed by atoms with van der Waals surface area (Å²) in [7, 11) is 0. The molecule has 6 rings (SSSR count). The molecule has 3 aromatic heterocycles. The van der Waals surface area contributed by atoms with Gasteiger partial charge >= 0.3 is 0 Å². The topological polar surface area (TPSA) is 87.5 Å². The Morgan fingerprint density at radius 3 is 2.84 bits per heavy atom. The Kier molecular flexibility index (Phi) is 3.82. The summed E-state index contributed by atoms with van der Waals surface area (Å²) in [5, 5.41) is 8.46. The molecular formula is C22H16FN7O. The van der Waals surface area contributed by atoms with E-state index in [9.17, 15) is 4.39 Å². The Morgan fingerprint density at radius 2 is 1.97 bits per heavy atom. The molecule has 2 aromatic carbocycles. The van der Waals surface area contributed by atoms with Crippen molar-refractivity contribution in [3.05, 3.63) is 83.6 Å². The molecule has 0 atom stereocenters. The highest BCUT2D eigenvalue weighted by Gasteiger charge is 2.26. The molecule has 0 saturated carbocycles. The lowest BCUT2D eigenvalue weighted by molar-refractivity contribution is 0.385. The minimum absolute atomic E-state index is 0.337. The SMILES string of the molecule is Cc1ccc(Cc2nc(-c3ncn4c3Cn3ncnc3-c3cc(F)ccc3-4)no2)cc1. The molecule has 8 nitrogen and oxygen atoms in total. The Balaban J connectivity index is 1.42. The van der Waals surface area contributed by atoms with E-state index in [0.717, 1.165) is 16.9 Å². The van der Waals surface area contributed by atoms with E-state index in [1.807, 2.05) is 23.6 Å². The predicted octanol–water partition coefficient (Wildman–Crippen LogP) is 3.58. The van der Waals surface area contributed by atoms with E-state index in [0.29, 0.717) is 41.8 Å². The van der Waals surface area contributed by atoms with Crippen molar-refractivity contribution in [1.82, 2.24) is 34.5 Å². The third-order valence-corrected chi connectivity index (χ3v) is 5.40. The van der Waals surface area contributed by atoms with Crippen LogP contribution < -0.4 is 0 Å². The van der Waals surface area contributed by atoms with Crippen LogP contribution in [0, 0.1) is 12.7 Å². The summed E-state index contributed by atoms with van der Waals surface area (Å²) in [5.74, 6) is 1.18. The third-order valence-electron chi connectivity index (χ3n) is 5.40. The molecule has 5 aromatic rings.